The SMILES string of the molecule is CCCSC1Cc2ccccc2C1NCC. The zero-order valence-electron chi connectivity index (χ0n) is 10.2. The van der Waals surface area contributed by atoms with Crippen molar-refractivity contribution in [1.82, 2.24) is 5.32 Å². The maximum atomic E-state index is 3.64. The summed E-state index contributed by atoms with van der Waals surface area (Å²) in [6.45, 7) is 5.52. The highest BCUT2D eigenvalue weighted by molar-refractivity contribution is 7.99. The molecule has 0 aliphatic heterocycles. The molecule has 0 aromatic heterocycles. The molecule has 0 radical (unpaired) electrons. The zero-order valence-corrected chi connectivity index (χ0v) is 11.0. The van der Waals surface area contributed by atoms with Gasteiger partial charge in [-0.1, -0.05) is 38.1 Å². The van der Waals surface area contributed by atoms with Crippen LogP contribution in [-0.4, -0.2) is 17.5 Å². The van der Waals surface area contributed by atoms with Crippen LogP contribution in [0, 0.1) is 0 Å². The van der Waals surface area contributed by atoms with Gasteiger partial charge < -0.3 is 5.32 Å². The van der Waals surface area contributed by atoms with E-state index in [1.165, 1.54) is 24.2 Å². The Kier molecular flexibility index (Phi) is 4.30. The van der Waals surface area contributed by atoms with Crippen LogP contribution >= 0.6 is 11.8 Å². The first-order valence-corrected chi connectivity index (χ1v) is 7.34. The Morgan fingerprint density at radius 1 is 1.31 bits per heavy atom. The Labute approximate surface area is 103 Å². The summed E-state index contributed by atoms with van der Waals surface area (Å²) in [5.41, 5.74) is 3.07. The fourth-order valence-corrected chi connectivity index (χ4v) is 3.72. The molecule has 1 aromatic rings. The van der Waals surface area contributed by atoms with Crippen molar-refractivity contribution in [2.45, 2.75) is 38.0 Å². The molecule has 1 aliphatic carbocycles. The van der Waals surface area contributed by atoms with Gasteiger partial charge in [-0.25, -0.2) is 0 Å². The first-order chi connectivity index (χ1) is 7.86. The van der Waals surface area contributed by atoms with Gasteiger partial charge in [-0.2, -0.15) is 11.8 Å². The lowest BCUT2D eigenvalue weighted by Gasteiger charge is -2.20. The molecule has 0 saturated carbocycles. The Bertz CT molecular complexity index is 337. The molecule has 2 unspecified atom stereocenters. The molecule has 1 N–H and O–H groups in total. The molecule has 1 nitrogen and oxygen atoms in total. The van der Waals surface area contributed by atoms with Gasteiger partial charge in [0.05, 0.1) is 0 Å². The van der Waals surface area contributed by atoms with Crippen LogP contribution in [-0.2, 0) is 6.42 Å². The quantitative estimate of drug-likeness (QED) is 0.839. The largest absolute Gasteiger partial charge is 0.309 e. The van der Waals surface area contributed by atoms with Crippen LogP contribution in [0.5, 0.6) is 0 Å². The van der Waals surface area contributed by atoms with E-state index in [9.17, 15) is 0 Å². The smallest absolute Gasteiger partial charge is 0.0446 e. The summed E-state index contributed by atoms with van der Waals surface area (Å²) in [4.78, 5) is 0. The van der Waals surface area contributed by atoms with Gasteiger partial charge in [0.25, 0.3) is 0 Å². The second-order valence-corrected chi connectivity index (χ2v) is 5.69. The van der Waals surface area contributed by atoms with Gasteiger partial charge in [0.1, 0.15) is 0 Å². The minimum Gasteiger partial charge on any atom is -0.309 e. The summed E-state index contributed by atoms with van der Waals surface area (Å²) < 4.78 is 0. The number of fused-ring (bicyclic) bond motifs is 1. The molecule has 2 heteroatoms. The van der Waals surface area contributed by atoms with Crippen molar-refractivity contribution in [1.29, 1.82) is 0 Å². The molecule has 2 rings (SSSR count). The molecule has 2 atom stereocenters. The lowest BCUT2D eigenvalue weighted by Crippen LogP contribution is -2.27. The summed E-state index contributed by atoms with van der Waals surface area (Å²) in [5.74, 6) is 1.28. The maximum absolute atomic E-state index is 3.64. The van der Waals surface area contributed by atoms with Gasteiger partial charge >= 0.3 is 0 Å². The van der Waals surface area contributed by atoms with Crippen LogP contribution in [0.15, 0.2) is 24.3 Å². The summed E-state index contributed by atoms with van der Waals surface area (Å²) >= 11 is 2.13. The minimum atomic E-state index is 0.567. The molecule has 0 saturated heterocycles. The normalized spacial score (nSPS) is 23.4. The van der Waals surface area contributed by atoms with Crippen LogP contribution in [0.4, 0.5) is 0 Å². The first-order valence-electron chi connectivity index (χ1n) is 6.29. The fourth-order valence-electron chi connectivity index (χ4n) is 2.44. The van der Waals surface area contributed by atoms with E-state index < -0.39 is 0 Å². The van der Waals surface area contributed by atoms with Crippen LogP contribution in [0.2, 0.25) is 0 Å². The Balaban J connectivity index is 2.13. The topological polar surface area (TPSA) is 12.0 Å². The molecule has 0 bridgehead atoms. The number of rotatable bonds is 5. The minimum absolute atomic E-state index is 0.567. The van der Waals surface area contributed by atoms with Gasteiger partial charge in [0, 0.05) is 11.3 Å². The van der Waals surface area contributed by atoms with E-state index >= 15 is 0 Å². The second kappa shape index (κ2) is 5.74. The van der Waals surface area contributed by atoms with E-state index in [0.29, 0.717) is 6.04 Å². The Hall–Kier alpha value is -0.470. The molecule has 1 aliphatic rings. The summed E-state index contributed by atoms with van der Waals surface area (Å²) in [6.07, 6.45) is 2.51. The lowest BCUT2D eigenvalue weighted by molar-refractivity contribution is 0.560. The number of nitrogens with one attached hydrogen (secondary N) is 1. The molecule has 0 heterocycles. The van der Waals surface area contributed by atoms with Crippen molar-refractivity contribution >= 4 is 11.8 Å². The maximum Gasteiger partial charge on any atom is 0.0446 e. The predicted octanol–water partition coefficient (Wildman–Crippen LogP) is 3.41. The fraction of sp³-hybridized carbons (Fsp3) is 0.571. The lowest BCUT2D eigenvalue weighted by atomic mass is 10.1. The third kappa shape index (κ3) is 2.44. The van der Waals surface area contributed by atoms with Crippen molar-refractivity contribution in [3.63, 3.8) is 0 Å². The molecule has 16 heavy (non-hydrogen) atoms. The predicted molar refractivity (Wildman–Crippen MR) is 73.1 cm³/mol. The molecular weight excluding hydrogens is 214 g/mol. The molecule has 0 fully saturated rings. The highest BCUT2D eigenvalue weighted by Gasteiger charge is 2.31. The average molecular weight is 235 g/mol. The standard InChI is InChI=1S/C14H21NS/c1-3-9-16-13-10-11-7-5-6-8-12(11)14(13)15-4-2/h5-8,13-15H,3-4,9-10H2,1-2H3. The molecule has 1 aromatic carbocycles. The number of hydrogen-bond acceptors (Lipinski definition) is 2. The monoisotopic (exact) mass is 235 g/mol. The van der Waals surface area contributed by atoms with E-state index in [2.05, 4.69) is 55.2 Å². The Morgan fingerprint density at radius 2 is 2.12 bits per heavy atom. The zero-order chi connectivity index (χ0) is 11.4. The van der Waals surface area contributed by atoms with Crippen LogP contribution < -0.4 is 5.32 Å². The highest BCUT2D eigenvalue weighted by Crippen LogP contribution is 2.38. The first kappa shape index (κ1) is 12.0. The molecular formula is C14H21NS. The van der Waals surface area contributed by atoms with Crippen LogP contribution in [0.1, 0.15) is 37.4 Å². The van der Waals surface area contributed by atoms with Gasteiger partial charge in [-0.05, 0) is 36.3 Å². The van der Waals surface area contributed by atoms with Gasteiger partial charge in [0.2, 0.25) is 0 Å². The van der Waals surface area contributed by atoms with Crippen molar-refractivity contribution in [2.75, 3.05) is 12.3 Å². The van der Waals surface area contributed by atoms with Crippen molar-refractivity contribution in [3.8, 4) is 0 Å². The van der Waals surface area contributed by atoms with Gasteiger partial charge in [-0.3, -0.25) is 0 Å². The van der Waals surface area contributed by atoms with Gasteiger partial charge in [-0.15, -0.1) is 0 Å². The number of hydrogen-bond donors (Lipinski definition) is 1. The van der Waals surface area contributed by atoms with E-state index in [0.717, 1.165) is 11.8 Å². The van der Waals surface area contributed by atoms with Crippen molar-refractivity contribution in [3.05, 3.63) is 35.4 Å². The van der Waals surface area contributed by atoms with E-state index in [4.69, 9.17) is 0 Å². The van der Waals surface area contributed by atoms with Crippen molar-refractivity contribution < 1.29 is 0 Å². The van der Waals surface area contributed by atoms with Crippen LogP contribution in [0.3, 0.4) is 0 Å². The Morgan fingerprint density at radius 3 is 2.88 bits per heavy atom. The van der Waals surface area contributed by atoms with Gasteiger partial charge in [0.15, 0.2) is 0 Å². The van der Waals surface area contributed by atoms with E-state index in [-0.39, 0.29) is 0 Å². The molecule has 0 spiro atoms. The van der Waals surface area contributed by atoms with E-state index in [1.54, 1.807) is 5.56 Å². The summed E-state index contributed by atoms with van der Waals surface area (Å²) in [6, 6.07) is 9.46. The highest BCUT2D eigenvalue weighted by atomic mass is 32.2. The second-order valence-electron chi connectivity index (χ2n) is 4.35. The summed E-state index contributed by atoms with van der Waals surface area (Å²) in [7, 11) is 0. The number of benzene rings is 1. The molecule has 88 valence electrons. The summed E-state index contributed by atoms with van der Waals surface area (Å²) in [5, 5.41) is 4.37. The average Bonchev–Trinajstić information content (AvgIpc) is 2.66. The number of thioether (sulfide) groups is 1. The van der Waals surface area contributed by atoms with Crippen molar-refractivity contribution in [2.24, 2.45) is 0 Å². The van der Waals surface area contributed by atoms with Crippen LogP contribution in [0.25, 0.3) is 0 Å². The molecule has 0 amide bonds. The third-order valence-electron chi connectivity index (χ3n) is 3.14. The third-order valence-corrected chi connectivity index (χ3v) is 4.65. The van der Waals surface area contributed by atoms with E-state index in [1.807, 2.05) is 0 Å².